The van der Waals surface area contributed by atoms with E-state index in [-0.39, 0.29) is 10.7 Å². The summed E-state index contributed by atoms with van der Waals surface area (Å²) in [6, 6.07) is 10.4. The summed E-state index contributed by atoms with van der Waals surface area (Å²) in [5.74, 6) is -0.912. The molecule has 0 radical (unpaired) electrons. The number of carbonyl (C=O) groups excluding carboxylic acids is 2. The Morgan fingerprint density at radius 2 is 1.67 bits per heavy atom. The Kier molecular flexibility index (Phi) is 6.72. The molecule has 0 saturated carbocycles. The standard InChI is InChI=1S/C18H12BrN5O5S/c19-11-9-20-18(21-10-11)30(29)13-7-5-12(6-8-13)22-17(26)23-16(25)14-3-1-2-4-15(14)24(27)28/h1-10H,(H2,22,23,25,26). The summed E-state index contributed by atoms with van der Waals surface area (Å²) in [6.07, 6.45) is 2.96. The van der Waals surface area contributed by atoms with Gasteiger partial charge < -0.3 is 9.87 Å². The third kappa shape index (κ3) is 5.17. The molecule has 12 heteroatoms. The van der Waals surface area contributed by atoms with Crippen molar-refractivity contribution in [1.82, 2.24) is 15.3 Å². The maximum Gasteiger partial charge on any atom is 0.348 e. The van der Waals surface area contributed by atoms with Crippen molar-refractivity contribution in [3.05, 3.63) is 81.1 Å². The van der Waals surface area contributed by atoms with Crippen molar-refractivity contribution >= 4 is 50.4 Å². The number of anilines is 1. The summed E-state index contributed by atoms with van der Waals surface area (Å²) in [5, 5.41) is 15.6. The number of para-hydroxylation sites is 1. The van der Waals surface area contributed by atoms with Crippen LogP contribution in [0.3, 0.4) is 0 Å². The first kappa shape index (κ1) is 21.4. The normalized spacial score (nSPS) is 11.4. The lowest BCUT2D eigenvalue weighted by Crippen LogP contribution is -2.34. The van der Waals surface area contributed by atoms with Crippen LogP contribution in [-0.2, 0) is 11.2 Å². The summed E-state index contributed by atoms with van der Waals surface area (Å²) in [6.45, 7) is 0. The van der Waals surface area contributed by atoms with Crippen molar-refractivity contribution in [1.29, 1.82) is 0 Å². The van der Waals surface area contributed by atoms with Gasteiger partial charge in [-0.15, -0.1) is 0 Å². The number of imide groups is 1. The summed E-state index contributed by atoms with van der Waals surface area (Å²) < 4.78 is 13.1. The van der Waals surface area contributed by atoms with Gasteiger partial charge in [0.05, 0.1) is 20.6 Å². The number of hydrogen-bond acceptors (Lipinski definition) is 7. The van der Waals surface area contributed by atoms with Crippen molar-refractivity contribution in [3.63, 3.8) is 0 Å². The van der Waals surface area contributed by atoms with Gasteiger partial charge in [0.1, 0.15) is 5.56 Å². The molecule has 3 rings (SSSR count). The molecule has 30 heavy (non-hydrogen) atoms. The highest BCUT2D eigenvalue weighted by molar-refractivity contribution is 9.10. The Hall–Kier alpha value is -3.35. The van der Waals surface area contributed by atoms with Crippen LogP contribution in [0.1, 0.15) is 10.4 Å². The minimum Gasteiger partial charge on any atom is -0.604 e. The number of urea groups is 1. The van der Waals surface area contributed by atoms with Crippen LogP contribution in [0, 0.1) is 10.1 Å². The summed E-state index contributed by atoms with van der Waals surface area (Å²) in [5.41, 5.74) is -0.331. The molecule has 0 fully saturated rings. The topological polar surface area (TPSA) is 150 Å². The SMILES string of the molecule is O=C(NC(=O)c1ccccc1[N+](=O)[O-])Nc1ccc([S+]([O-])c2ncc(Br)cn2)cc1. The smallest absolute Gasteiger partial charge is 0.348 e. The van der Waals surface area contributed by atoms with Crippen LogP contribution >= 0.6 is 15.9 Å². The van der Waals surface area contributed by atoms with E-state index in [4.69, 9.17) is 0 Å². The van der Waals surface area contributed by atoms with E-state index >= 15 is 0 Å². The van der Waals surface area contributed by atoms with E-state index in [1.807, 2.05) is 5.32 Å². The number of halogens is 1. The number of rotatable bonds is 5. The van der Waals surface area contributed by atoms with Crippen molar-refractivity contribution in [3.8, 4) is 0 Å². The highest BCUT2D eigenvalue weighted by atomic mass is 79.9. The van der Waals surface area contributed by atoms with Crippen LogP contribution in [0.5, 0.6) is 0 Å². The molecular formula is C18H12BrN5O5S. The van der Waals surface area contributed by atoms with Gasteiger partial charge in [0, 0.05) is 24.1 Å². The molecule has 1 atom stereocenters. The molecule has 1 aromatic heterocycles. The molecule has 1 unspecified atom stereocenters. The van der Waals surface area contributed by atoms with Gasteiger partial charge in [-0.3, -0.25) is 20.2 Å². The number of hydrogen-bond donors (Lipinski definition) is 2. The lowest BCUT2D eigenvalue weighted by atomic mass is 10.1. The van der Waals surface area contributed by atoms with Gasteiger partial charge in [-0.1, -0.05) is 12.1 Å². The van der Waals surface area contributed by atoms with Crippen LogP contribution in [-0.4, -0.2) is 31.4 Å². The Balaban J connectivity index is 1.64. The first-order valence-corrected chi connectivity index (χ1v) is 10.1. The molecule has 10 nitrogen and oxygen atoms in total. The Bertz CT molecular complexity index is 1090. The number of nitro groups is 1. The van der Waals surface area contributed by atoms with Crippen LogP contribution < -0.4 is 10.6 Å². The van der Waals surface area contributed by atoms with Crippen LogP contribution in [0.25, 0.3) is 0 Å². The number of nitrogens with one attached hydrogen (secondary N) is 2. The average molecular weight is 490 g/mol. The number of nitro benzene ring substituents is 1. The Morgan fingerprint density at radius 1 is 1.03 bits per heavy atom. The fourth-order valence-electron chi connectivity index (χ4n) is 2.32. The highest BCUT2D eigenvalue weighted by Crippen LogP contribution is 2.21. The van der Waals surface area contributed by atoms with Crippen molar-refractivity contribution < 1.29 is 19.1 Å². The van der Waals surface area contributed by atoms with Crippen LogP contribution in [0.2, 0.25) is 0 Å². The van der Waals surface area contributed by atoms with E-state index in [0.717, 1.165) is 0 Å². The lowest BCUT2D eigenvalue weighted by molar-refractivity contribution is -0.385. The third-order valence-corrected chi connectivity index (χ3v) is 5.31. The predicted octanol–water partition coefficient (Wildman–Crippen LogP) is 3.28. The number of carbonyl (C=O) groups is 2. The molecule has 1 heterocycles. The van der Waals surface area contributed by atoms with E-state index in [2.05, 4.69) is 31.2 Å². The monoisotopic (exact) mass is 489 g/mol. The van der Waals surface area contributed by atoms with Gasteiger partial charge in [-0.05, 0) is 46.3 Å². The van der Waals surface area contributed by atoms with E-state index < -0.39 is 33.7 Å². The molecule has 0 bridgehead atoms. The molecule has 0 saturated heterocycles. The Labute approximate surface area is 181 Å². The Morgan fingerprint density at radius 3 is 2.30 bits per heavy atom. The molecular weight excluding hydrogens is 478 g/mol. The second-order valence-electron chi connectivity index (χ2n) is 5.66. The average Bonchev–Trinajstić information content (AvgIpc) is 2.74. The van der Waals surface area contributed by atoms with E-state index in [9.17, 15) is 24.3 Å². The van der Waals surface area contributed by atoms with Gasteiger partial charge in [-0.25, -0.2) is 4.79 Å². The predicted molar refractivity (Wildman–Crippen MR) is 110 cm³/mol. The zero-order valence-electron chi connectivity index (χ0n) is 14.9. The van der Waals surface area contributed by atoms with Crippen molar-refractivity contribution in [2.75, 3.05) is 5.32 Å². The molecule has 0 aliphatic carbocycles. The molecule has 2 aromatic carbocycles. The summed E-state index contributed by atoms with van der Waals surface area (Å²) in [4.78, 5) is 42.9. The molecule has 3 aromatic rings. The second-order valence-corrected chi connectivity index (χ2v) is 7.95. The molecule has 0 spiro atoms. The number of aromatic nitrogens is 2. The molecule has 0 aliphatic rings. The molecule has 2 N–H and O–H groups in total. The second kappa shape index (κ2) is 9.43. The zero-order chi connectivity index (χ0) is 21.7. The minimum absolute atomic E-state index is 0.131. The maximum absolute atomic E-state index is 12.5. The first-order valence-electron chi connectivity index (χ1n) is 8.20. The molecule has 152 valence electrons. The van der Waals surface area contributed by atoms with Gasteiger partial charge in [0.25, 0.3) is 11.6 Å². The first-order chi connectivity index (χ1) is 14.3. The van der Waals surface area contributed by atoms with Gasteiger partial charge in [0.15, 0.2) is 4.90 Å². The quantitative estimate of drug-likeness (QED) is 0.241. The fourth-order valence-corrected chi connectivity index (χ4v) is 3.42. The van der Waals surface area contributed by atoms with E-state index in [1.54, 1.807) is 0 Å². The largest absolute Gasteiger partial charge is 0.604 e. The number of nitrogens with zero attached hydrogens (tertiary/aromatic N) is 3. The summed E-state index contributed by atoms with van der Waals surface area (Å²) >= 11 is 1.59. The zero-order valence-corrected chi connectivity index (χ0v) is 17.3. The van der Waals surface area contributed by atoms with Crippen LogP contribution in [0.4, 0.5) is 16.2 Å². The minimum atomic E-state index is -1.61. The third-order valence-electron chi connectivity index (χ3n) is 3.66. The van der Waals surface area contributed by atoms with Crippen LogP contribution in [0.15, 0.2) is 75.4 Å². The molecule has 3 amide bonds. The maximum atomic E-state index is 12.5. The fraction of sp³-hybridized carbons (Fsp3) is 0. The number of amides is 3. The van der Waals surface area contributed by atoms with E-state index in [1.165, 1.54) is 60.9 Å². The highest BCUT2D eigenvalue weighted by Gasteiger charge is 2.21. The number of benzene rings is 2. The lowest BCUT2D eigenvalue weighted by Gasteiger charge is -2.09. The van der Waals surface area contributed by atoms with Gasteiger partial charge in [0.2, 0.25) is 0 Å². The van der Waals surface area contributed by atoms with Gasteiger partial charge >= 0.3 is 11.2 Å². The van der Waals surface area contributed by atoms with Crippen molar-refractivity contribution in [2.24, 2.45) is 0 Å². The molecule has 0 aliphatic heterocycles. The van der Waals surface area contributed by atoms with E-state index in [0.29, 0.717) is 15.1 Å². The van der Waals surface area contributed by atoms with Crippen molar-refractivity contribution in [2.45, 2.75) is 10.1 Å². The summed E-state index contributed by atoms with van der Waals surface area (Å²) in [7, 11) is 0. The van der Waals surface area contributed by atoms with Gasteiger partial charge in [-0.2, -0.15) is 9.97 Å².